The normalized spacial score (nSPS) is 14.7. The molecule has 34 heavy (non-hydrogen) atoms. The number of halogens is 1. The first-order valence-electron chi connectivity index (χ1n) is 11.3. The molecule has 0 saturated carbocycles. The Labute approximate surface area is 207 Å². The third-order valence-corrected chi connectivity index (χ3v) is 6.52. The molecule has 1 aromatic heterocycles. The number of ether oxygens (including phenoxy) is 2. The molecular weight excluding hydrogens is 500 g/mol. The second-order valence-electron chi connectivity index (χ2n) is 8.30. The van der Waals surface area contributed by atoms with Gasteiger partial charge in [0.2, 0.25) is 17.6 Å². The van der Waals surface area contributed by atoms with Crippen LogP contribution in [0.15, 0.2) is 51.5 Å². The van der Waals surface area contributed by atoms with Crippen LogP contribution in [0.25, 0.3) is 11.4 Å². The van der Waals surface area contributed by atoms with Crippen LogP contribution in [-0.4, -0.2) is 54.8 Å². The number of amides is 1. The summed E-state index contributed by atoms with van der Waals surface area (Å²) in [6.45, 7) is 2.83. The summed E-state index contributed by atoms with van der Waals surface area (Å²) in [5.41, 5.74) is 2.00. The molecule has 1 fully saturated rings. The SMILES string of the molecule is COc1ccc(CCNC(=O)C2CCN(Cc3nc(-c4cccc(Br)c4)no3)CC2)cc1OC. The Morgan fingerprint density at radius 1 is 1.15 bits per heavy atom. The molecule has 0 bridgehead atoms. The van der Waals surface area contributed by atoms with Crippen molar-refractivity contribution in [2.24, 2.45) is 5.92 Å². The van der Waals surface area contributed by atoms with E-state index in [4.69, 9.17) is 14.0 Å². The largest absolute Gasteiger partial charge is 0.493 e. The summed E-state index contributed by atoms with van der Waals surface area (Å²) in [6, 6.07) is 13.6. The standard InChI is InChI=1S/C25H29BrN4O4/c1-32-21-7-6-17(14-22(21)33-2)8-11-27-25(31)18-9-12-30(13-10-18)16-23-28-24(29-34-23)19-4-3-5-20(26)15-19/h3-7,14-15,18H,8-13,16H2,1-2H3,(H,27,31). The van der Waals surface area contributed by atoms with Crippen molar-refractivity contribution >= 4 is 21.8 Å². The van der Waals surface area contributed by atoms with Crippen molar-refractivity contribution in [3.8, 4) is 22.9 Å². The van der Waals surface area contributed by atoms with Gasteiger partial charge in [-0.05, 0) is 62.2 Å². The molecule has 1 saturated heterocycles. The van der Waals surface area contributed by atoms with Gasteiger partial charge in [0.05, 0.1) is 20.8 Å². The number of benzene rings is 2. The number of nitrogens with zero attached hydrogens (tertiary/aromatic N) is 3. The number of carbonyl (C=O) groups excluding carboxylic acids is 1. The van der Waals surface area contributed by atoms with Gasteiger partial charge in [-0.25, -0.2) is 0 Å². The molecule has 1 aliphatic heterocycles. The highest BCUT2D eigenvalue weighted by Gasteiger charge is 2.26. The second-order valence-corrected chi connectivity index (χ2v) is 9.22. The summed E-state index contributed by atoms with van der Waals surface area (Å²) in [6.07, 6.45) is 2.37. The Bertz CT molecular complexity index is 1110. The Balaban J connectivity index is 1.21. The van der Waals surface area contributed by atoms with E-state index in [9.17, 15) is 4.79 Å². The van der Waals surface area contributed by atoms with Crippen molar-refractivity contribution in [2.75, 3.05) is 33.9 Å². The molecule has 3 aromatic rings. The third kappa shape index (κ3) is 6.15. The van der Waals surface area contributed by atoms with Gasteiger partial charge in [0, 0.05) is 22.5 Å². The zero-order chi connectivity index (χ0) is 23.9. The fourth-order valence-electron chi connectivity index (χ4n) is 4.12. The lowest BCUT2D eigenvalue weighted by atomic mass is 9.96. The molecule has 180 valence electrons. The van der Waals surface area contributed by atoms with Crippen molar-refractivity contribution in [1.29, 1.82) is 0 Å². The number of methoxy groups -OCH3 is 2. The van der Waals surface area contributed by atoms with Gasteiger partial charge in [-0.1, -0.05) is 39.3 Å². The first-order valence-corrected chi connectivity index (χ1v) is 12.1. The van der Waals surface area contributed by atoms with E-state index >= 15 is 0 Å². The highest BCUT2D eigenvalue weighted by Crippen LogP contribution is 2.27. The quantitative estimate of drug-likeness (QED) is 0.447. The Morgan fingerprint density at radius 3 is 2.68 bits per heavy atom. The number of hydrogen-bond donors (Lipinski definition) is 1. The average Bonchev–Trinajstić information content (AvgIpc) is 3.33. The van der Waals surface area contributed by atoms with Gasteiger partial charge in [-0.15, -0.1) is 0 Å². The monoisotopic (exact) mass is 528 g/mol. The van der Waals surface area contributed by atoms with Crippen LogP contribution < -0.4 is 14.8 Å². The molecule has 8 nitrogen and oxygen atoms in total. The second kappa shape index (κ2) is 11.5. The molecule has 2 heterocycles. The van der Waals surface area contributed by atoms with E-state index in [1.807, 2.05) is 42.5 Å². The molecule has 9 heteroatoms. The van der Waals surface area contributed by atoms with Crippen molar-refractivity contribution in [3.05, 3.63) is 58.4 Å². The highest BCUT2D eigenvalue weighted by molar-refractivity contribution is 9.10. The molecular formula is C25H29BrN4O4. The summed E-state index contributed by atoms with van der Waals surface area (Å²) < 4.78 is 17.0. The molecule has 1 amide bonds. The topological polar surface area (TPSA) is 89.7 Å². The van der Waals surface area contributed by atoms with Crippen LogP contribution in [0.2, 0.25) is 0 Å². The van der Waals surface area contributed by atoms with Crippen molar-refractivity contribution in [1.82, 2.24) is 20.4 Å². The summed E-state index contributed by atoms with van der Waals surface area (Å²) in [5.74, 6) is 2.72. The zero-order valence-electron chi connectivity index (χ0n) is 19.4. The van der Waals surface area contributed by atoms with Gasteiger partial charge < -0.3 is 19.3 Å². The van der Waals surface area contributed by atoms with E-state index < -0.39 is 0 Å². The lowest BCUT2D eigenvalue weighted by molar-refractivity contribution is -0.126. The molecule has 2 aromatic carbocycles. The van der Waals surface area contributed by atoms with Crippen LogP contribution >= 0.6 is 15.9 Å². The van der Waals surface area contributed by atoms with Crippen LogP contribution in [0, 0.1) is 5.92 Å². The predicted molar refractivity (Wildman–Crippen MR) is 132 cm³/mol. The maximum absolute atomic E-state index is 12.6. The minimum atomic E-state index is 0.0292. The molecule has 0 spiro atoms. The minimum Gasteiger partial charge on any atom is -0.493 e. The Morgan fingerprint density at radius 2 is 1.94 bits per heavy atom. The highest BCUT2D eigenvalue weighted by atomic mass is 79.9. The maximum atomic E-state index is 12.6. The predicted octanol–water partition coefficient (Wildman–Crippen LogP) is 4.09. The Hall–Kier alpha value is -2.91. The van der Waals surface area contributed by atoms with Crippen LogP contribution in [0.3, 0.4) is 0 Å². The number of rotatable bonds is 9. The van der Waals surface area contributed by atoms with Crippen molar-refractivity contribution in [2.45, 2.75) is 25.8 Å². The maximum Gasteiger partial charge on any atom is 0.241 e. The first kappa shape index (κ1) is 24.2. The fourth-order valence-corrected chi connectivity index (χ4v) is 4.52. The Kier molecular flexibility index (Phi) is 8.18. The molecule has 0 radical (unpaired) electrons. The first-order chi connectivity index (χ1) is 16.6. The summed E-state index contributed by atoms with van der Waals surface area (Å²) >= 11 is 3.46. The number of carbonyl (C=O) groups is 1. The van der Waals surface area contributed by atoms with Crippen LogP contribution in [0.5, 0.6) is 11.5 Å². The number of nitrogens with one attached hydrogen (secondary N) is 1. The molecule has 0 aliphatic carbocycles. The van der Waals surface area contributed by atoms with E-state index in [0.717, 1.165) is 48.0 Å². The van der Waals surface area contributed by atoms with Crippen LogP contribution in [0.1, 0.15) is 24.3 Å². The molecule has 4 rings (SSSR count). The summed E-state index contributed by atoms with van der Waals surface area (Å²) in [5, 5.41) is 7.19. The van der Waals surface area contributed by atoms with Gasteiger partial charge in [0.15, 0.2) is 11.5 Å². The molecule has 0 atom stereocenters. The molecule has 1 N–H and O–H groups in total. The van der Waals surface area contributed by atoms with E-state index in [2.05, 4.69) is 36.3 Å². The van der Waals surface area contributed by atoms with Gasteiger partial charge >= 0.3 is 0 Å². The van der Waals surface area contributed by atoms with Crippen molar-refractivity contribution < 1.29 is 18.8 Å². The van der Waals surface area contributed by atoms with E-state index in [1.165, 1.54) is 0 Å². The minimum absolute atomic E-state index is 0.0292. The van der Waals surface area contributed by atoms with Gasteiger partial charge in [0.1, 0.15) is 0 Å². The number of likely N-dealkylation sites (tertiary alicyclic amines) is 1. The summed E-state index contributed by atoms with van der Waals surface area (Å²) in [4.78, 5) is 19.4. The number of piperidine rings is 1. The van der Waals surface area contributed by atoms with E-state index in [0.29, 0.717) is 36.3 Å². The summed E-state index contributed by atoms with van der Waals surface area (Å²) in [7, 11) is 3.24. The smallest absolute Gasteiger partial charge is 0.241 e. The molecule has 1 aliphatic rings. The van der Waals surface area contributed by atoms with E-state index in [-0.39, 0.29) is 11.8 Å². The number of hydrogen-bond acceptors (Lipinski definition) is 7. The lowest BCUT2D eigenvalue weighted by Crippen LogP contribution is -2.40. The van der Waals surface area contributed by atoms with Gasteiger partial charge in [0.25, 0.3) is 0 Å². The van der Waals surface area contributed by atoms with Crippen LogP contribution in [-0.2, 0) is 17.8 Å². The third-order valence-electron chi connectivity index (χ3n) is 6.03. The van der Waals surface area contributed by atoms with Crippen LogP contribution in [0.4, 0.5) is 0 Å². The van der Waals surface area contributed by atoms with Gasteiger partial charge in [-0.2, -0.15) is 4.98 Å². The zero-order valence-corrected chi connectivity index (χ0v) is 21.0. The number of aromatic nitrogens is 2. The van der Waals surface area contributed by atoms with Crippen molar-refractivity contribution in [3.63, 3.8) is 0 Å². The van der Waals surface area contributed by atoms with E-state index in [1.54, 1.807) is 14.2 Å². The lowest BCUT2D eigenvalue weighted by Gasteiger charge is -2.30. The average molecular weight is 529 g/mol. The fraction of sp³-hybridized carbons (Fsp3) is 0.400. The van der Waals surface area contributed by atoms with Gasteiger partial charge in [-0.3, -0.25) is 9.69 Å². The molecule has 0 unspecified atom stereocenters.